The van der Waals surface area contributed by atoms with Gasteiger partial charge in [0.15, 0.2) is 0 Å². The average Bonchev–Trinajstić information content (AvgIpc) is 2.88. The molecule has 0 bridgehead atoms. The van der Waals surface area contributed by atoms with E-state index in [-0.39, 0.29) is 17.5 Å². The molecule has 0 radical (unpaired) electrons. The lowest BCUT2D eigenvalue weighted by atomic mass is 9.95. The molecule has 7 heteroatoms. The molecule has 5 rings (SSSR count). The van der Waals surface area contributed by atoms with Crippen molar-refractivity contribution in [3.05, 3.63) is 83.8 Å². The predicted octanol–water partition coefficient (Wildman–Crippen LogP) is 5.69. The Morgan fingerprint density at radius 3 is 2.71 bits per heavy atom. The Balaban J connectivity index is 1.30. The summed E-state index contributed by atoms with van der Waals surface area (Å²) in [5.74, 6) is -0.402. The van der Waals surface area contributed by atoms with Crippen LogP contribution in [0.5, 0.6) is 0 Å². The van der Waals surface area contributed by atoms with Crippen LogP contribution in [0.1, 0.15) is 48.0 Å². The number of nitrogens with zero attached hydrogens (tertiary/aromatic N) is 2. The van der Waals surface area contributed by atoms with Crippen molar-refractivity contribution < 1.29 is 9.18 Å². The molecule has 0 spiro atoms. The monoisotopic (exact) mass is 469 g/mol. The van der Waals surface area contributed by atoms with Gasteiger partial charge in [0.1, 0.15) is 11.6 Å². The summed E-state index contributed by atoms with van der Waals surface area (Å²) in [6.07, 6.45) is 7.07. The normalized spacial score (nSPS) is 14.1. The number of rotatable bonds is 6. The molecule has 6 nitrogen and oxygen atoms in total. The Labute approximate surface area is 203 Å². The Bertz CT molecular complexity index is 1370. The zero-order chi connectivity index (χ0) is 24.2. The minimum atomic E-state index is -0.561. The van der Waals surface area contributed by atoms with Crippen LogP contribution >= 0.6 is 0 Å². The SMILES string of the molecule is Nc1ccc(-c2ccc(C(=O)NC3CCCCC3)c(F)c2)nc1NCc1ccc2ncccc2c1. The van der Waals surface area contributed by atoms with Gasteiger partial charge >= 0.3 is 0 Å². The Hall–Kier alpha value is -4.00. The van der Waals surface area contributed by atoms with Crippen LogP contribution in [-0.2, 0) is 6.54 Å². The van der Waals surface area contributed by atoms with Gasteiger partial charge in [0.25, 0.3) is 5.91 Å². The van der Waals surface area contributed by atoms with E-state index in [1.54, 1.807) is 24.4 Å². The van der Waals surface area contributed by atoms with Gasteiger partial charge in [-0.1, -0.05) is 37.5 Å². The highest BCUT2D eigenvalue weighted by Gasteiger charge is 2.19. The first-order valence-electron chi connectivity index (χ1n) is 12.0. The van der Waals surface area contributed by atoms with Crippen molar-refractivity contribution in [3.63, 3.8) is 0 Å². The number of fused-ring (bicyclic) bond motifs is 1. The zero-order valence-corrected chi connectivity index (χ0v) is 19.4. The number of aromatic nitrogens is 2. The van der Waals surface area contributed by atoms with Crippen molar-refractivity contribution in [1.82, 2.24) is 15.3 Å². The highest BCUT2D eigenvalue weighted by Crippen LogP contribution is 2.26. The summed E-state index contributed by atoms with van der Waals surface area (Å²) >= 11 is 0. The smallest absolute Gasteiger partial charge is 0.254 e. The maximum absolute atomic E-state index is 14.9. The van der Waals surface area contributed by atoms with E-state index < -0.39 is 5.82 Å². The fraction of sp³-hybridized carbons (Fsp3) is 0.250. The summed E-state index contributed by atoms with van der Waals surface area (Å²) in [4.78, 5) is 21.5. The second-order valence-corrected chi connectivity index (χ2v) is 9.02. The predicted molar refractivity (Wildman–Crippen MR) is 137 cm³/mol. The molecule has 1 saturated carbocycles. The van der Waals surface area contributed by atoms with E-state index in [2.05, 4.69) is 26.7 Å². The molecule has 0 aliphatic heterocycles. The molecule has 0 unspecified atom stereocenters. The molecule has 4 N–H and O–H groups in total. The summed E-state index contributed by atoms with van der Waals surface area (Å²) in [5.41, 5.74) is 9.85. The van der Waals surface area contributed by atoms with E-state index in [4.69, 9.17) is 5.73 Å². The fourth-order valence-electron chi connectivity index (χ4n) is 4.56. The van der Waals surface area contributed by atoms with E-state index in [1.807, 2.05) is 24.3 Å². The first kappa shape index (κ1) is 22.8. The molecule has 4 aromatic rings. The number of hydrogen-bond donors (Lipinski definition) is 3. The van der Waals surface area contributed by atoms with Crippen LogP contribution in [0.15, 0.2) is 66.9 Å². The second kappa shape index (κ2) is 10.1. The summed E-state index contributed by atoms with van der Waals surface area (Å²) < 4.78 is 14.9. The van der Waals surface area contributed by atoms with Crippen LogP contribution in [-0.4, -0.2) is 21.9 Å². The molecule has 178 valence electrons. The lowest BCUT2D eigenvalue weighted by molar-refractivity contribution is 0.0923. The largest absolute Gasteiger partial charge is 0.396 e. The van der Waals surface area contributed by atoms with Gasteiger partial charge in [-0.05, 0) is 60.9 Å². The molecule has 1 aliphatic carbocycles. The molecule has 35 heavy (non-hydrogen) atoms. The highest BCUT2D eigenvalue weighted by molar-refractivity contribution is 5.95. The zero-order valence-electron chi connectivity index (χ0n) is 19.4. The summed E-state index contributed by atoms with van der Waals surface area (Å²) in [5, 5.41) is 7.31. The molecular weight excluding hydrogens is 441 g/mol. The topological polar surface area (TPSA) is 92.9 Å². The van der Waals surface area contributed by atoms with Gasteiger partial charge in [0.05, 0.1) is 22.5 Å². The summed E-state index contributed by atoms with van der Waals surface area (Å²) in [6, 6.07) is 18.2. The molecule has 1 aliphatic rings. The van der Waals surface area contributed by atoms with Crippen LogP contribution in [0.25, 0.3) is 22.2 Å². The number of amides is 1. The van der Waals surface area contributed by atoms with E-state index in [0.29, 0.717) is 29.3 Å². The van der Waals surface area contributed by atoms with Gasteiger partial charge in [-0.3, -0.25) is 9.78 Å². The van der Waals surface area contributed by atoms with Gasteiger partial charge in [-0.15, -0.1) is 0 Å². The number of benzene rings is 2. The number of pyridine rings is 2. The maximum Gasteiger partial charge on any atom is 0.254 e. The number of anilines is 2. The van der Waals surface area contributed by atoms with Crippen molar-refractivity contribution in [3.8, 4) is 11.3 Å². The third kappa shape index (κ3) is 5.24. The van der Waals surface area contributed by atoms with Crippen molar-refractivity contribution in [1.29, 1.82) is 0 Å². The average molecular weight is 470 g/mol. The highest BCUT2D eigenvalue weighted by atomic mass is 19.1. The number of carbonyl (C=O) groups is 1. The quantitative estimate of drug-likeness (QED) is 0.337. The van der Waals surface area contributed by atoms with Crippen molar-refractivity contribution >= 4 is 28.3 Å². The van der Waals surface area contributed by atoms with Crippen LogP contribution in [0.2, 0.25) is 0 Å². The number of nitrogens with two attached hydrogens (primary N) is 1. The minimum Gasteiger partial charge on any atom is -0.396 e. The molecule has 2 aromatic carbocycles. The first-order valence-corrected chi connectivity index (χ1v) is 12.0. The van der Waals surface area contributed by atoms with Gasteiger partial charge in [0, 0.05) is 29.7 Å². The molecule has 1 fully saturated rings. The van der Waals surface area contributed by atoms with Crippen molar-refractivity contribution in [2.45, 2.75) is 44.7 Å². The summed E-state index contributed by atoms with van der Waals surface area (Å²) in [7, 11) is 0. The van der Waals surface area contributed by atoms with Crippen molar-refractivity contribution in [2.24, 2.45) is 0 Å². The molecule has 0 saturated heterocycles. The first-order chi connectivity index (χ1) is 17.1. The molecule has 2 heterocycles. The minimum absolute atomic E-state index is 0.0545. The van der Waals surface area contributed by atoms with E-state index in [9.17, 15) is 9.18 Å². The Morgan fingerprint density at radius 1 is 1.03 bits per heavy atom. The molecule has 0 atom stereocenters. The van der Waals surface area contributed by atoms with Crippen LogP contribution in [0, 0.1) is 5.82 Å². The number of nitrogen functional groups attached to an aromatic ring is 1. The van der Waals surface area contributed by atoms with Gasteiger partial charge in [-0.2, -0.15) is 0 Å². The number of hydrogen-bond acceptors (Lipinski definition) is 5. The summed E-state index contributed by atoms with van der Waals surface area (Å²) in [6.45, 7) is 0.528. The van der Waals surface area contributed by atoms with Crippen molar-refractivity contribution in [2.75, 3.05) is 11.1 Å². The van der Waals surface area contributed by atoms with Gasteiger partial charge < -0.3 is 16.4 Å². The Kier molecular flexibility index (Phi) is 6.57. The second-order valence-electron chi connectivity index (χ2n) is 9.02. The number of nitrogens with one attached hydrogen (secondary N) is 2. The standard InChI is InChI=1S/C28H28FN5O/c29-23-16-20(9-10-22(23)28(35)33-21-6-2-1-3-7-21)26-13-11-24(30)27(34-26)32-17-18-8-12-25-19(15-18)5-4-14-31-25/h4-5,8-16,21H,1-3,6-7,17,30H2,(H,32,34)(H,33,35). The molecule has 2 aromatic heterocycles. The number of carbonyl (C=O) groups excluding carboxylic acids is 1. The van der Waals surface area contributed by atoms with Gasteiger partial charge in [-0.25, -0.2) is 9.37 Å². The van der Waals surface area contributed by atoms with E-state index in [0.717, 1.165) is 42.1 Å². The van der Waals surface area contributed by atoms with E-state index >= 15 is 0 Å². The van der Waals surface area contributed by atoms with Gasteiger partial charge in [0.2, 0.25) is 0 Å². The maximum atomic E-state index is 14.9. The van der Waals surface area contributed by atoms with Crippen LogP contribution in [0.4, 0.5) is 15.9 Å². The van der Waals surface area contributed by atoms with Crippen LogP contribution in [0.3, 0.4) is 0 Å². The third-order valence-electron chi connectivity index (χ3n) is 6.50. The fourth-order valence-corrected chi connectivity index (χ4v) is 4.56. The lowest BCUT2D eigenvalue weighted by Gasteiger charge is -2.22. The van der Waals surface area contributed by atoms with Crippen LogP contribution < -0.4 is 16.4 Å². The third-order valence-corrected chi connectivity index (χ3v) is 6.50. The molecular formula is C28H28FN5O. The molecule has 1 amide bonds. The number of halogens is 1. The van der Waals surface area contributed by atoms with E-state index in [1.165, 1.54) is 18.6 Å². The lowest BCUT2D eigenvalue weighted by Crippen LogP contribution is -2.36. The Morgan fingerprint density at radius 2 is 1.89 bits per heavy atom.